The summed E-state index contributed by atoms with van der Waals surface area (Å²) in [5.41, 5.74) is 7.83. The molecule has 4 rings (SSSR count). The number of nitrogens with zero attached hydrogens (tertiary/aromatic N) is 3. The minimum absolute atomic E-state index is 0.0473. The average molecular weight is 406 g/mol. The Kier molecular flexibility index (Phi) is 5.33. The maximum atomic E-state index is 12.8. The van der Waals surface area contributed by atoms with E-state index in [9.17, 15) is 9.59 Å². The first-order valence-corrected chi connectivity index (χ1v) is 9.61. The van der Waals surface area contributed by atoms with Gasteiger partial charge < -0.3 is 19.8 Å². The Labute approximate surface area is 173 Å². The van der Waals surface area contributed by atoms with Crippen molar-refractivity contribution in [3.05, 3.63) is 72.2 Å². The lowest BCUT2D eigenvalue weighted by Crippen LogP contribution is -2.61. The molecular formula is C22H22N4O4. The highest BCUT2D eigenvalue weighted by molar-refractivity contribution is 5.93. The van der Waals surface area contributed by atoms with Crippen molar-refractivity contribution in [2.75, 3.05) is 19.7 Å². The SMILES string of the molecule is Cc1ncoc1C(=O)N1CCO[C@@](Cc2ccc(-c3cccnc3)cc2)(C(N)=O)C1. The fourth-order valence-electron chi connectivity index (χ4n) is 3.63. The van der Waals surface area contributed by atoms with Crippen LogP contribution < -0.4 is 5.73 Å². The third-order valence-corrected chi connectivity index (χ3v) is 5.30. The zero-order valence-corrected chi connectivity index (χ0v) is 16.6. The molecule has 1 aliphatic heterocycles. The molecule has 0 saturated carbocycles. The predicted molar refractivity (Wildman–Crippen MR) is 108 cm³/mol. The summed E-state index contributed by atoms with van der Waals surface area (Å²) in [5, 5.41) is 0. The van der Waals surface area contributed by atoms with Crippen LogP contribution in [0.5, 0.6) is 0 Å². The summed E-state index contributed by atoms with van der Waals surface area (Å²) in [6, 6.07) is 11.6. The highest BCUT2D eigenvalue weighted by Crippen LogP contribution is 2.26. The highest BCUT2D eigenvalue weighted by atomic mass is 16.5. The first-order valence-electron chi connectivity index (χ1n) is 9.61. The molecule has 0 unspecified atom stereocenters. The average Bonchev–Trinajstić information content (AvgIpc) is 3.20. The van der Waals surface area contributed by atoms with Crippen molar-refractivity contribution < 1.29 is 18.7 Å². The molecule has 30 heavy (non-hydrogen) atoms. The molecule has 3 heterocycles. The van der Waals surface area contributed by atoms with Gasteiger partial charge in [0.1, 0.15) is 0 Å². The van der Waals surface area contributed by atoms with Crippen LogP contribution in [-0.4, -0.2) is 52.0 Å². The van der Waals surface area contributed by atoms with Crippen molar-refractivity contribution in [2.24, 2.45) is 5.73 Å². The van der Waals surface area contributed by atoms with Crippen molar-refractivity contribution in [1.29, 1.82) is 0 Å². The van der Waals surface area contributed by atoms with E-state index in [0.717, 1.165) is 16.7 Å². The number of aromatic nitrogens is 2. The molecule has 1 saturated heterocycles. The third kappa shape index (κ3) is 3.81. The zero-order valence-electron chi connectivity index (χ0n) is 16.6. The molecule has 1 atom stereocenters. The third-order valence-electron chi connectivity index (χ3n) is 5.30. The largest absolute Gasteiger partial charge is 0.438 e. The molecule has 1 aromatic carbocycles. The number of amides is 2. The number of pyridine rings is 1. The summed E-state index contributed by atoms with van der Waals surface area (Å²) in [6.07, 6.45) is 5.00. The molecule has 0 spiro atoms. The van der Waals surface area contributed by atoms with E-state index in [1.807, 2.05) is 36.4 Å². The number of hydrogen-bond acceptors (Lipinski definition) is 6. The second-order valence-corrected chi connectivity index (χ2v) is 7.32. The molecule has 1 aliphatic rings. The Hall–Kier alpha value is -3.52. The number of oxazole rings is 1. The van der Waals surface area contributed by atoms with E-state index in [2.05, 4.69) is 9.97 Å². The van der Waals surface area contributed by atoms with Crippen LogP contribution in [0.4, 0.5) is 0 Å². The van der Waals surface area contributed by atoms with E-state index in [1.165, 1.54) is 11.3 Å². The second kappa shape index (κ2) is 8.08. The summed E-state index contributed by atoms with van der Waals surface area (Å²) in [6.45, 7) is 2.29. The number of rotatable bonds is 5. The Balaban J connectivity index is 1.55. The first kappa shape index (κ1) is 19.8. The normalized spacial score (nSPS) is 18.9. The fourth-order valence-corrected chi connectivity index (χ4v) is 3.63. The van der Waals surface area contributed by atoms with E-state index in [-0.39, 0.29) is 31.2 Å². The lowest BCUT2D eigenvalue weighted by molar-refractivity contribution is -0.153. The minimum atomic E-state index is -1.31. The van der Waals surface area contributed by atoms with Gasteiger partial charge in [0.2, 0.25) is 5.76 Å². The number of aryl methyl sites for hydroxylation is 1. The lowest BCUT2D eigenvalue weighted by Gasteiger charge is -2.40. The van der Waals surface area contributed by atoms with Gasteiger partial charge in [-0.3, -0.25) is 14.6 Å². The molecule has 1 fully saturated rings. The van der Waals surface area contributed by atoms with Crippen molar-refractivity contribution in [3.8, 4) is 11.1 Å². The van der Waals surface area contributed by atoms with Crippen molar-refractivity contribution in [2.45, 2.75) is 18.9 Å². The number of primary amides is 1. The van der Waals surface area contributed by atoms with Crippen molar-refractivity contribution >= 4 is 11.8 Å². The van der Waals surface area contributed by atoms with E-state index < -0.39 is 11.5 Å². The second-order valence-electron chi connectivity index (χ2n) is 7.32. The monoisotopic (exact) mass is 406 g/mol. The molecule has 0 radical (unpaired) electrons. The lowest BCUT2D eigenvalue weighted by atomic mass is 9.90. The quantitative estimate of drug-likeness (QED) is 0.694. The molecule has 2 aromatic heterocycles. The van der Waals surface area contributed by atoms with Crippen LogP contribution in [0.25, 0.3) is 11.1 Å². The maximum Gasteiger partial charge on any atom is 0.291 e. The molecule has 8 nitrogen and oxygen atoms in total. The van der Waals surface area contributed by atoms with Crippen LogP contribution in [0.3, 0.4) is 0 Å². The minimum Gasteiger partial charge on any atom is -0.438 e. The smallest absolute Gasteiger partial charge is 0.291 e. The number of carbonyl (C=O) groups is 2. The fraction of sp³-hybridized carbons (Fsp3) is 0.273. The summed E-state index contributed by atoms with van der Waals surface area (Å²) in [5.74, 6) is -0.771. The molecule has 2 amide bonds. The number of hydrogen-bond donors (Lipinski definition) is 1. The van der Waals surface area contributed by atoms with Crippen LogP contribution in [-0.2, 0) is 16.0 Å². The van der Waals surface area contributed by atoms with Gasteiger partial charge in [0.15, 0.2) is 12.0 Å². The number of carbonyl (C=O) groups excluding carboxylic acids is 2. The van der Waals surface area contributed by atoms with Gasteiger partial charge in [-0.05, 0) is 29.7 Å². The summed E-state index contributed by atoms with van der Waals surface area (Å²) in [7, 11) is 0. The maximum absolute atomic E-state index is 12.8. The van der Waals surface area contributed by atoms with Gasteiger partial charge in [-0.25, -0.2) is 4.98 Å². The molecular weight excluding hydrogens is 384 g/mol. The summed E-state index contributed by atoms with van der Waals surface area (Å²) >= 11 is 0. The van der Waals surface area contributed by atoms with Crippen molar-refractivity contribution in [3.63, 3.8) is 0 Å². The molecule has 3 aromatic rings. The van der Waals surface area contributed by atoms with E-state index in [4.69, 9.17) is 14.9 Å². The topological polar surface area (TPSA) is 112 Å². The van der Waals surface area contributed by atoms with Crippen molar-refractivity contribution in [1.82, 2.24) is 14.9 Å². The Morgan fingerprint density at radius 1 is 1.20 bits per heavy atom. The molecule has 8 heteroatoms. The van der Waals surface area contributed by atoms with Crippen LogP contribution in [0.2, 0.25) is 0 Å². The number of ether oxygens (including phenoxy) is 1. The Bertz CT molecular complexity index is 1050. The van der Waals surface area contributed by atoms with Gasteiger partial charge in [0, 0.05) is 25.4 Å². The van der Waals surface area contributed by atoms with Gasteiger partial charge in [-0.1, -0.05) is 30.3 Å². The van der Waals surface area contributed by atoms with Crippen LogP contribution in [0.1, 0.15) is 21.8 Å². The van der Waals surface area contributed by atoms with Gasteiger partial charge in [0.25, 0.3) is 11.8 Å². The van der Waals surface area contributed by atoms with Gasteiger partial charge in [-0.15, -0.1) is 0 Å². The van der Waals surface area contributed by atoms with E-state index in [1.54, 1.807) is 19.3 Å². The number of morpholine rings is 1. The molecule has 0 bridgehead atoms. The first-order chi connectivity index (χ1) is 14.5. The predicted octanol–water partition coefficient (Wildman–Crippen LogP) is 1.98. The molecule has 2 N–H and O–H groups in total. The summed E-state index contributed by atoms with van der Waals surface area (Å²) in [4.78, 5) is 34.9. The van der Waals surface area contributed by atoms with Crippen LogP contribution >= 0.6 is 0 Å². The van der Waals surface area contributed by atoms with E-state index >= 15 is 0 Å². The Morgan fingerprint density at radius 3 is 2.63 bits per heavy atom. The summed E-state index contributed by atoms with van der Waals surface area (Å²) < 4.78 is 11.1. The zero-order chi connectivity index (χ0) is 21.1. The Morgan fingerprint density at radius 2 is 2.00 bits per heavy atom. The molecule has 0 aliphatic carbocycles. The van der Waals surface area contributed by atoms with Gasteiger partial charge >= 0.3 is 0 Å². The number of benzene rings is 1. The van der Waals surface area contributed by atoms with Gasteiger partial charge in [-0.2, -0.15) is 0 Å². The highest BCUT2D eigenvalue weighted by Gasteiger charge is 2.44. The standard InChI is InChI=1S/C22H22N4O4/c1-15-19(29-14-25-15)20(27)26-9-10-30-22(13-26,21(23)28)11-16-4-6-17(7-5-16)18-3-2-8-24-12-18/h2-8,12,14H,9-11,13H2,1H3,(H2,23,28)/t22-/m1/s1. The van der Waals surface area contributed by atoms with Crippen LogP contribution in [0.15, 0.2) is 59.6 Å². The van der Waals surface area contributed by atoms with Crippen LogP contribution in [0, 0.1) is 6.92 Å². The number of nitrogens with two attached hydrogens (primary N) is 1. The van der Waals surface area contributed by atoms with E-state index in [0.29, 0.717) is 12.2 Å². The van der Waals surface area contributed by atoms with Gasteiger partial charge in [0.05, 0.1) is 18.8 Å². The molecule has 154 valence electrons.